The largest absolute Gasteiger partial charge is 0.288 e. The molecule has 3 aromatic carbocycles. The van der Waals surface area contributed by atoms with Crippen molar-refractivity contribution in [2.45, 2.75) is 6.92 Å². The Morgan fingerprint density at radius 1 is 0.846 bits per heavy atom. The summed E-state index contributed by atoms with van der Waals surface area (Å²) in [5.41, 5.74) is 2.86. The molecule has 0 radical (unpaired) electrons. The van der Waals surface area contributed by atoms with Gasteiger partial charge in [-0.25, -0.2) is 4.98 Å². The maximum absolute atomic E-state index is 12.8. The van der Waals surface area contributed by atoms with Gasteiger partial charge in [0.15, 0.2) is 0 Å². The van der Waals surface area contributed by atoms with Crippen LogP contribution in [-0.2, 0) is 0 Å². The first kappa shape index (κ1) is 15.2. The van der Waals surface area contributed by atoms with Crippen LogP contribution in [0.15, 0.2) is 72.8 Å². The number of carbonyl (C=O) groups excluding carboxylic acids is 1. The third-order valence-electron chi connectivity index (χ3n) is 4.73. The van der Waals surface area contributed by atoms with Gasteiger partial charge in [0.25, 0.3) is 0 Å². The molecule has 0 aliphatic carbocycles. The smallest absolute Gasteiger partial charge is 0.203 e. The molecular weight excluding hydrogens is 338 g/mol. The minimum absolute atomic E-state index is 0.0573. The van der Waals surface area contributed by atoms with Crippen LogP contribution >= 0.6 is 11.3 Å². The van der Waals surface area contributed by atoms with Crippen molar-refractivity contribution in [3.05, 3.63) is 88.8 Å². The number of nitrogens with zero attached hydrogens (tertiary/aromatic N) is 1. The lowest BCUT2D eigenvalue weighted by Gasteiger charge is -2.02. The van der Waals surface area contributed by atoms with Crippen LogP contribution in [0.1, 0.15) is 20.8 Å². The zero-order chi connectivity index (χ0) is 17.7. The first-order chi connectivity index (χ1) is 12.7. The van der Waals surface area contributed by atoms with E-state index in [-0.39, 0.29) is 5.78 Å². The molecule has 5 rings (SSSR count). The lowest BCUT2D eigenvalue weighted by molar-refractivity contribution is 0.104. The molecule has 2 nitrogen and oxygen atoms in total. The van der Waals surface area contributed by atoms with Gasteiger partial charge in [-0.2, -0.15) is 0 Å². The summed E-state index contributed by atoms with van der Waals surface area (Å²) in [6, 6.07) is 24.3. The van der Waals surface area contributed by atoms with Crippen LogP contribution in [0, 0.1) is 6.92 Å². The molecule has 2 heterocycles. The minimum Gasteiger partial charge on any atom is -0.288 e. The average Bonchev–Trinajstić information content (AvgIpc) is 3.09. The van der Waals surface area contributed by atoms with Crippen molar-refractivity contribution in [1.29, 1.82) is 0 Å². The molecule has 3 heteroatoms. The van der Waals surface area contributed by atoms with Crippen molar-refractivity contribution in [2.75, 3.05) is 0 Å². The molecule has 0 saturated heterocycles. The summed E-state index contributed by atoms with van der Waals surface area (Å²) in [6.07, 6.45) is 0. The number of thiophene rings is 1. The summed E-state index contributed by atoms with van der Waals surface area (Å²) in [4.78, 5) is 19.3. The molecule has 0 bridgehead atoms. The topological polar surface area (TPSA) is 30.0 Å². The van der Waals surface area contributed by atoms with Gasteiger partial charge < -0.3 is 0 Å². The predicted octanol–water partition coefficient (Wildman–Crippen LogP) is 6.14. The van der Waals surface area contributed by atoms with E-state index >= 15 is 0 Å². The highest BCUT2D eigenvalue weighted by molar-refractivity contribution is 7.20. The molecule has 0 amide bonds. The van der Waals surface area contributed by atoms with Crippen molar-refractivity contribution >= 4 is 49.0 Å². The summed E-state index contributed by atoms with van der Waals surface area (Å²) in [5.74, 6) is 0.0573. The van der Waals surface area contributed by atoms with E-state index in [2.05, 4.69) is 30.3 Å². The fraction of sp³-hybridized carbons (Fsp3) is 0.0435. The first-order valence-electron chi connectivity index (χ1n) is 8.52. The minimum atomic E-state index is 0.0573. The Labute approximate surface area is 154 Å². The van der Waals surface area contributed by atoms with Crippen molar-refractivity contribution in [3.8, 4) is 0 Å². The summed E-state index contributed by atoms with van der Waals surface area (Å²) in [5, 5.41) is 4.45. The van der Waals surface area contributed by atoms with E-state index in [9.17, 15) is 4.79 Å². The first-order valence-corrected chi connectivity index (χ1v) is 9.34. The molecule has 5 aromatic rings. The highest BCUT2D eigenvalue weighted by Crippen LogP contribution is 2.31. The molecule has 0 unspecified atom stereocenters. The Kier molecular flexibility index (Phi) is 3.37. The van der Waals surface area contributed by atoms with Crippen LogP contribution in [-0.4, -0.2) is 10.8 Å². The second-order valence-corrected chi connectivity index (χ2v) is 7.58. The van der Waals surface area contributed by atoms with Crippen molar-refractivity contribution in [2.24, 2.45) is 0 Å². The van der Waals surface area contributed by atoms with Gasteiger partial charge >= 0.3 is 0 Å². The van der Waals surface area contributed by atoms with Gasteiger partial charge in [0.05, 0.1) is 10.4 Å². The van der Waals surface area contributed by atoms with Crippen LogP contribution in [0.2, 0.25) is 0 Å². The van der Waals surface area contributed by atoms with E-state index in [1.165, 1.54) is 16.7 Å². The van der Waals surface area contributed by atoms with Crippen LogP contribution in [0.4, 0.5) is 0 Å². The van der Waals surface area contributed by atoms with Gasteiger partial charge in [-0.15, -0.1) is 11.3 Å². The zero-order valence-corrected chi connectivity index (χ0v) is 15.0. The number of rotatable bonds is 2. The number of pyridine rings is 1. The Morgan fingerprint density at radius 3 is 2.46 bits per heavy atom. The van der Waals surface area contributed by atoms with E-state index in [0.717, 1.165) is 42.5 Å². The van der Waals surface area contributed by atoms with Gasteiger partial charge in [-0.3, -0.25) is 4.79 Å². The number of carbonyl (C=O) groups is 1. The van der Waals surface area contributed by atoms with E-state index in [0.29, 0.717) is 0 Å². The fourth-order valence-electron chi connectivity index (χ4n) is 3.33. The van der Waals surface area contributed by atoms with Crippen LogP contribution in [0.3, 0.4) is 0 Å². The van der Waals surface area contributed by atoms with Gasteiger partial charge in [-0.05, 0) is 24.4 Å². The number of hydrogen-bond acceptors (Lipinski definition) is 3. The Hall–Kier alpha value is -3.04. The van der Waals surface area contributed by atoms with Crippen molar-refractivity contribution in [3.63, 3.8) is 0 Å². The predicted molar refractivity (Wildman–Crippen MR) is 109 cm³/mol. The van der Waals surface area contributed by atoms with Crippen LogP contribution in [0.5, 0.6) is 0 Å². The number of fused-ring (bicyclic) bond motifs is 4. The van der Waals surface area contributed by atoms with E-state index in [1.807, 2.05) is 49.4 Å². The molecule has 0 aliphatic rings. The normalized spacial score (nSPS) is 11.4. The van der Waals surface area contributed by atoms with Crippen molar-refractivity contribution in [1.82, 2.24) is 4.98 Å². The maximum atomic E-state index is 12.8. The molecule has 0 saturated carbocycles. The highest BCUT2D eigenvalue weighted by atomic mass is 32.1. The van der Waals surface area contributed by atoms with E-state index < -0.39 is 0 Å². The van der Waals surface area contributed by atoms with Gasteiger partial charge in [-0.1, -0.05) is 66.2 Å². The summed E-state index contributed by atoms with van der Waals surface area (Å²) >= 11 is 1.47. The molecular formula is C23H15NOS. The summed E-state index contributed by atoms with van der Waals surface area (Å²) < 4.78 is 0. The highest BCUT2D eigenvalue weighted by Gasteiger charge is 2.14. The monoisotopic (exact) mass is 353 g/mol. The molecule has 0 N–H and O–H groups in total. The number of hydrogen-bond donors (Lipinski definition) is 0. The third-order valence-corrected chi connectivity index (χ3v) is 5.78. The molecule has 0 atom stereocenters. The zero-order valence-electron chi connectivity index (χ0n) is 14.2. The maximum Gasteiger partial charge on any atom is 0.203 e. The average molecular weight is 353 g/mol. The van der Waals surface area contributed by atoms with Crippen molar-refractivity contribution < 1.29 is 4.79 Å². The Bertz CT molecular complexity index is 1300. The summed E-state index contributed by atoms with van der Waals surface area (Å²) in [6.45, 7) is 2.02. The van der Waals surface area contributed by atoms with E-state index in [1.54, 1.807) is 0 Å². The molecule has 2 aromatic heterocycles. The number of ketones is 1. The fourth-order valence-corrected chi connectivity index (χ4v) is 4.31. The third kappa shape index (κ3) is 2.40. The van der Waals surface area contributed by atoms with E-state index in [4.69, 9.17) is 4.98 Å². The number of benzene rings is 3. The quantitative estimate of drug-likeness (QED) is 0.282. The summed E-state index contributed by atoms with van der Waals surface area (Å²) in [7, 11) is 0. The van der Waals surface area contributed by atoms with Gasteiger partial charge in [0.1, 0.15) is 4.83 Å². The molecule has 0 fully saturated rings. The number of aryl methyl sites for hydroxylation is 1. The molecule has 0 spiro atoms. The lowest BCUT2D eigenvalue weighted by Crippen LogP contribution is -1.97. The van der Waals surface area contributed by atoms with Gasteiger partial charge in [0.2, 0.25) is 5.78 Å². The molecule has 124 valence electrons. The SMILES string of the molecule is Cc1ccc(C(=O)c2cc3cc4ccc5ccccc5c4nc3s2)cc1. The second-order valence-electron chi connectivity index (χ2n) is 6.55. The molecule has 26 heavy (non-hydrogen) atoms. The number of aromatic nitrogens is 1. The Balaban J connectivity index is 1.69. The van der Waals surface area contributed by atoms with Crippen LogP contribution < -0.4 is 0 Å². The molecule has 0 aliphatic heterocycles. The Morgan fingerprint density at radius 2 is 1.62 bits per heavy atom. The standard InChI is InChI=1S/C23H15NOS/c1-14-6-8-16(9-7-14)22(25)20-13-18-12-17-11-10-15-4-2-3-5-19(15)21(17)24-23(18)26-20/h2-13H,1H3. The lowest BCUT2D eigenvalue weighted by atomic mass is 10.1. The second kappa shape index (κ2) is 5.75. The van der Waals surface area contributed by atoms with Crippen LogP contribution in [0.25, 0.3) is 31.9 Å². The van der Waals surface area contributed by atoms with Gasteiger partial charge in [0, 0.05) is 21.7 Å².